The fourth-order valence-electron chi connectivity index (χ4n) is 2.72. The van der Waals surface area contributed by atoms with Crippen molar-refractivity contribution in [1.29, 1.82) is 0 Å². The van der Waals surface area contributed by atoms with E-state index in [4.69, 9.17) is 0 Å². The maximum Gasteiger partial charge on any atom is 0.243 e. The van der Waals surface area contributed by atoms with Crippen molar-refractivity contribution < 1.29 is 12.8 Å². The fraction of sp³-hybridized carbons (Fsp3) is 0.211. The summed E-state index contributed by atoms with van der Waals surface area (Å²) in [6.07, 6.45) is 1.27. The van der Waals surface area contributed by atoms with Crippen LogP contribution in [-0.4, -0.2) is 36.5 Å². The molecule has 3 rings (SSSR count). The van der Waals surface area contributed by atoms with Crippen LogP contribution in [0.15, 0.2) is 64.0 Å². The molecule has 3 aromatic rings. The molecular weight excluding hydrogens is 433 g/mol. The smallest absolute Gasteiger partial charge is 0.243 e. The molecule has 27 heavy (non-hydrogen) atoms. The summed E-state index contributed by atoms with van der Waals surface area (Å²) in [5.74, 6) is -0.309. The van der Waals surface area contributed by atoms with Crippen LogP contribution in [0.2, 0.25) is 0 Å². The Morgan fingerprint density at radius 3 is 2.67 bits per heavy atom. The first kappa shape index (κ1) is 19.7. The number of H-pyrrole nitrogens is 1. The molecule has 0 saturated heterocycles. The second-order valence-corrected chi connectivity index (χ2v) is 9.02. The van der Waals surface area contributed by atoms with Crippen molar-refractivity contribution in [2.45, 2.75) is 17.7 Å². The van der Waals surface area contributed by atoms with Crippen molar-refractivity contribution in [3.8, 4) is 11.3 Å². The minimum absolute atomic E-state index is 0.252. The number of rotatable bonds is 7. The average molecular weight is 452 g/mol. The van der Waals surface area contributed by atoms with Gasteiger partial charge in [-0.05, 0) is 59.1 Å². The normalized spacial score (nSPS) is 11.9. The van der Waals surface area contributed by atoms with Crippen LogP contribution in [0.25, 0.3) is 11.3 Å². The summed E-state index contributed by atoms with van der Waals surface area (Å²) in [5, 5.41) is 7.13. The van der Waals surface area contributed by atoms with Gasteiger partial charge >= 0.3 is 0 Å². The molecule has 0 aliphatic rings. The van der Waals surface area contributed by atoms with E-state index >= 15 is 0 Å². The SMILES string of the molecule is CN(CCCc1cc(-c2cccc(F)c2)n[nH]1)S(=O)(=O)c1ccccc1Br. The third-order valence-electron chi connectivity index (χ3n) is 4.20. The van der Waals surface area contributed by atoms with Crippen LogP contribution < -0.4 is 0 Å². The third-order valence-corrected chi connectivity index (χ3v) is 7.06. The summed E-state index contributed by atoms with van der Waals surface area (Å²) < 4.78 is 40.5. The summed E-state index contributed by atoms with van der Waals surface area (Å²) >= 11 is 3.29. The zero-order valence-electron chi connectivity index (χ0n) is 14.7. The molecule has 1 heterocycles. The summed E-state index contributed by atoms with van der Waals surface area (Å²) in [6.45, 7) is 0.373. The monoisotopic (exact) mass is 451 g/mol. The van der Waals surface area contributed by atoms with Crippen molar-refractivity contribution in [3.05, 3.63) is 70.6 Å². The highest BCUT2D eigenvalue weighted by Crippen LogP contribution is 2.24. The Balaban J connectivity index is 1.61. The number of halogens is 2. The first-order valence-electron chi connectivity index (χ1n) is 8.39. The number of aryl methyl sites for hydroxylation is 1. The topological polar surface area (TPSA) is 66.1 Å². The third kappa shape index (κ3) is 4.63. The predicted molar refractivity (Wildman–Crippen MR) is 106 cm³/mol. The van der Waals surface area contributed by atoms with E-state index < -0.39 is 10.0 Å². The molecule has 5 nitrogen and oxygen atoms in total. The van der Waals surface area contributed by atoms with Gasteiger partial charge in [0.25, 0.3) is 0 Å². The highest BCUT2D eigenvalue weighted by molar-refractivity contribution is 9.10. The van der Waals surface area contributed by atoms with Crippen molar-refractivity contribution in [2.24, 2.45) is 0 Å². The molecule has 2 aromatic carbocycles. The van der Waals surface area contributed by atoms with Crippen LogP contribution in [0, 0.1) is 5.82 Å². The predicted octanol–water partition coefficient (Wildman–Crippen LogP) is 4.23. The molecule has 8 heteroatoms. The molecule has 0 fully saturated rings. The molecule has 0 spiro atoms. The van der Waals surface area contributed by atoms with Gasteiger partial charge < -0.3 is 0 Å². The molecule has 0 atom stereocenters. The lowest BCUT2D eigenvalue weighted by molar-refractivity contribution is 0.460. The first-order chi connectivity index (χ1) is 12.9. The van der Waals surface area contributed by atoms with Crippen molar-refractivity contribution in [2.75, 3.05) is 13.6 Å². The van der Waals surface area contributed by atoms with Gasteiger partial charge in [0.1, 0.15) is 5.82 Å². The molecule has 142 valence electrons. The molecule has 0 unspecified atom stereocenters. The number of nitrogens with zero attached hydrogens (tertiary/aromatic N) is 2. The van der Waals surface area contributed by atoms with Gasteiger partial charge in [-0.15, -0.1) is 0 Å². The zero-order chi connectivity index (χ0) is 19.4. The molecule has 1 aromatic heterocycles. The van der Waals surface area contributed by atoms with Crippen LogP contribution in [0.5, 0.6) is 0 Å². The van der Waals surface area contributed by atoms with E-state index in [1.54, 1.807) is 43.4 Å². The molecule has 0 radical (unpaired) electrons. The highest BCUT2D eigenvalue weighted by atomic mass is 79.9. The Labute approximate surface area is 166 Å². The van der Waals surface area contributed by atoms with Crippen LogP contribution in [0.4, 0.5) is 4.39 Å². The summed E-state index contributed by atoms with van der Waals surface area (Å²) in [6, 6.07) is 14.9. The van der Waals surface area contributed by atoms with Crippen LogP contribution >= 0.6 is 15.9 Å². The molecule has 0 saturated carbocycles. The van der Waals surface area contributed by atoms with Crippen molar-refractivity contribution in [1.82, 2.24) is 14.5 Å². The van der Waals surface area contributed by atoms with Crippen LogP contribution in [0.1, 0.15) is 12.1 Å². The van der Waals surface area contributed by atoms with E-state index in [1.165, 1.54) is 16.4 Å². The van der Waals surface area contributed by atoms with Gasteiger partial charge in [0.2, 0.25) is 10.0 Å². The highest BCUT2D eigenvalue weighted by Gasteiger charge is 2.22. The summed E-state index contributed by atoms with van der Waals surface area (Å²) in [7, 11) is -1.98. The maximum absolute atomic E-state index is 13.3. The zero-order valence-corrected chi connectivity index (χ0v) is 17.1. The largest absolute Gasteiger partial charge is 0.282 e. The number of nitrogens with one attached hydrogen (secondary N) is 1. The van der Waals surface area contributed by atoms with Gasteiger partial charge in [0, 0.05) is 29.3 Å². The Bertz CT molecular complexity index is 1040. The lowest BCUT2D eigenvalue weighted by atomic mass is 10.1. The minimum Gasteiger partial charge on any atom is -0.282 e. The van der Waals surface area contributed by atoms with Crippen molar-refractivity contribution in [3.63, 3.8) is 0 Å². The second kappa shape index (κ2) is 8.33. The van der Waals surface area contributed by atoms with Crippen LogP contribution in [0.3, 0.4) is 0 Å². The van der Waals surface area contributed by atoms with Gasteiger partial charge in [-0.1, -0.05) is 24.3 Å². The fourth-order valence-corrected chi connectivity index (χ4v) is 4.89. The van der Waals surface area contributed by atoms with Gasteiger partial charge in [0.15, 0.2) is 0 Å². The van der Waals surface area contributed by atoms with Gasteiger partial charge in [-0.2, -0.15) is 5.10 Å². The second-order valence-electron chi connectivity index (χ2n) is 6.15. The van der Waals surface area contributed by atoms with E-state index in [9.17, 15) is 12.8 Å². The number of benzene rings is 2. The van der Waals surface area contributed by atoms with Gasteiger partial charge in [-0.3, -0.25) is 5.10 Å². The number of hydrogen-bond donors (Lipinski definition) is 1. The van der Waals surface area contributed by atoms with E-state index in [1.807, 2.05) is 6.07 Å². The Kier molecular flexibility index (Phi) is 6.08. The number of aromatic amines is 1. The molecule has 0 bridgehead atoms. The minimum atomic E-state index is -3.55. The lowest BCUT2D eigenvalue weighted by Crippen LogP contribution is -2.28. The maximum atomic E-state index is 13.3. The first-order valence-corrected chi connectivity index (χ1v) is 10.6. The van der Waals surface area contributed by atoms with E-state index in [0.717, 1.165) is 5.69 Å². The Hall–Kier alpha value is -2.03. The quantitative estimate of drug-likeness (QED) is 0.584. The number of sulfonamides is 1. The molecular formula is C19H19BrFN3O2S. The number of hydrogen-bond acceptors (Lipinski definition) is 3. The molecule has 1 N–H and O–H groups in total. The molecule has 0 amide bonds. The molecule has 0 aliphatic carbocycles. The Morgan fingerprint density at radius 1 is 1.15 bits per heavy atom. The van der Waals surface area contributed by atoms with Crippen molar-refractivity contribution >= 4 is 26.0 Å². The molecule has 0 aliphatic heterocycles. The van der Waals surface area contributed by atoms with Gasteiger partial charge in [0.05, 0.1) is 10.6 Å². The van der Waals surface area contributed by atoms with E-state index in [-0.39, 0.29) is 10.7 Å². The van der Waals surface area contributed by atoms with E-state index in [0.29, 0.717) is 35.1 Å². The lowest BCUT2D eigenvalue weighted by Gasteiger charge is -2.17. The summed E-state index contributed by atoms with van der Waals surface area (Å²) in [4.78, 5) is 0.252. The van der Waals surface area contributed by atoms with E-state index in [2.05, 4.69) is 26.1 Å². The standard InChI is InChI=1S/C19H19BrFN3O2S/c1-24(27(25,26)19-10-3-2-9-17(19)20)11-5-8-16-13-18(23-22-16)14-6-4-7-15(21)12-14/h2-4,6-7,9-10,12-13H,5,8,11H2,1H3,(H,22,23). The summed E-state index contributed by atoms with van der Waals surface area (Å²) in [5.41, 5.74) is 2.24. The Morgan fingerprint density at radius 2 is 1.93 bits per heavy atom. The van der Waals surface area contributed by atoms with Crippen LogP contribution in [-0.2, 0) is 16.4 Å². The average Bonchev–Trinajstić information content (AvgIpc) is 3.11. The number of aromatic nitrogens is 2. The van der Waals surface area contributed by atoms with Gasteiger partial charge in [-0.25, -0.2) is 17.1 Å².